The molecule has 1 aliphatic carbocycles. The normalized spacial score (nSPS) is 18.2. The minimum Gasteiger partial charge on any atom is -0.369 e. The molecule has 0 bridgehead atoms. The van der Waals surface area contributed by atoms with E-state index in [1.54, 1.807) is 47.2 Å². The Kier molecular flexibility index (Phi) is 5.96. The number of piperazine rings is 1. The molecule has 1 fully saturated rings. The minimum atomic E-state index is -0.416. The van der Waals surface area contributed by atoms with Crippen LogP contribution in [0.5, 0.6) is 0 Å². The number of aromatic nitrogens is 1. The van der Waals surface area contributed by atoms with E-state index < -0.39 is 5.91 Å². The molecule has 170 valence electrons. The molecule has 1 unspecified atom stereocenters. The van der Waals surface area contributed by atoms with Gasteiger partial charge >= 0.3 is 0 Å². The van der Waals surface area contributed by atoms with Gasteiger partial charge in [-0.05, 0) is 73.5 Å². The molecule has 6 nitrogen and oxygen atoms in total. The number of anilines is 2. The van der Waals surface area contributed by atoms with Crippen LogP contribution >= 0.6 is 11.6 Å². The summed E-state index contributed by atoms with van der Waals surface area (Å²) in [6.07, 6.45) is 3.57. The first-order valence-corrected chi connectivity index (χ1v) is 11.7. The van der Waals surface area contributed by atoms with E-state index >= 15 is 0 Å². The van der Waals surface area contributed by atoms with Crippen LogP contribution in [0, 0.1) is 0 Å². The van der Waals surface area contributed by atoms with Crippen molar-refractivity contribution in [2.75, 3.05) is 43.4 Å². The lowest BCUT2D eigenvalue weighted by molar-refractivity contribution is 0.102. The Labute approximate surface area is 198 Å². The third-order valence-corrected chi connectivity index (χ3v) is 6.97. The number of pyridine rings is 1. The van der Waals surface area contributed by atoms with E-state index in [2.05, 4.69) is 40.4 Å². The summed E-state index contributed by atoms with van der Waals surface area (Å²) in [5, 5.41) is 3.39. The molecule has 1 N–H and O–H groups in total. The zero-order chi connectivity index (χ0) is 22.9. The molecule has 33 heavy (non-hydrogen) atoms. The summed E-state index contributed by atoms with van der Waals surface area (Å²) < 4.78 is 1.72. The van der Waals surface area contributed by atoms with Gasteiger partial charge in [0.25, 0.3) is 11.5 Å². The summed E-state index contributed by atoms with van der Waals surface area (Å²) in [4.78, 5) is 31.0. The lowest BCUT2D eigenvalue weighted by Gasteiger charge is -2.35. The zero-order valence-corrected chi connectivity index (χ0v) is 19.4. The van der Waals surface area contributed by atoms with Gasteiger partial charge in [0.2, 0.25) is 0 Å². The van der Waals surface area contributed by atoms with Crippen molar-refractivity contribution >= 4 is 28.9 Å². The molecule has 5 rings (SSSR count). The molecule has 2 heterocycles. The van der Waals surface area contributed by atoms with Crippen molar-refractivity contribution in [1.29, 1.82) is 0 Å². The van der Waals surface area contributed by atoms with Gasteiger partial charge in [-0.1, -0.05) is 23.7 Å². The number of likely N-dealkylation sites (N-methyl/N-ethyl adjacent to an activating group) is 1. The topological polar surface area (TPSA) is 57.6 Å². The number of hydrogen-bond donors (Lipinski definition) is 1. The second kappa shape index (κ2) is 9.04. The molecule has 2 aromatic carbocycles. The van der Waals surface area contributed by atoms with E-state index in [4.69, 9.17) is 11.6 Å². The molecule has 1 amide bonds. The average molecular weight is 463 g/mol. The Balaban J connectivity index is 1.43. The standard InChI is InChI=1S/C26H27ClN4O2/c1-29-14-16-30(17-15-29)23-6-2-4-20-21(23)11-12-24(20)31-13-3-5-22(26(31)33)25(32)28-19-9-7-18(27)8-10-19/h2-10,13,24H,11-12,14-17H2,1H3,(H,28,32). The van der Waals surface area contributed by atoms with Crippen LogP contribution in [0.2, 0.25) is 5.02 Å². The molecular formula is C26H27ClN4O2. The second-order valence-electron chi connectivity index (χ2n) is 8.79. The summed E-state index contributed by atoms with van der Waals surface area (Å²) in [6, 6.07) is 16.5. The number of carbonyl (C=O) groups excluding carboxylic acids is 1. The van der Waals surface area contributed by atoms with Crippen molar-refractivity contribution in [3.05, 3.63) is 92.9 Å². The number of fused-ring (bicyclic) bond motifs is 1. The van der Waals surface area contributed by atoms with Crippen LogP contribution in [0.25, 0.3) is 0 Å². The molecular weight excluding hydrogens is 436 g/mol. The molecule has 0 spiro atoms. The van der Waals surface area contributed by atoms with Gasteiger partial charge in [0.05, 0.1) is 6.04 Å². The van der Waals surface area contributed by atoms with E-state index in [0.717, 1.165) is 39.0 Å². The Morgan fingerprint density at radius 2 is 1.76 bits per heavy atom. The van der Waals surface area contributed by atoms with E-state index in [9.17, 15) is 9.59 Å². The number of halogens is 1. The van der Waals surface area contributed by atoms with Gasteiger partial charge < -0.3 is 19.7 Å². The Hall–Kier alpha value is -3.09. The van der Waals surface area contributed by atoms with Crippen LogP contribution < -0.4 is 15.8 Å². The highest BCUT2D eigenvalue weighted by Gasteiger charge is 2.29. The van der Waals surface area contributed by atoms with Crippen molar-refractivity contribution < 1.29 is 4.79 Å². The van der Waals surface area contributed by atoms with Crippen molar-refractivity contribution in [2.45, 2.75) is 18.9 Å². The summed E-state index contributed by atoms with van der Waals surface area (Å²) in [6.45, 7) is 4.13. The lowest BCUT2D eigenvalue weighted by atomic mass is 10.0. The first-order valence-electron chi connectivity index (χ1n) is 11.3. The van der Waals surface area contributed by atoms with E-state index in [-0.39, 0.29) is 17.2 Å². The first kappa shape index (κ1) is 21.7. The number of benzene rings is 2. The van der Waals surface area contributed by atoms with Crippen molar-refractivity contribution in [2.24, 2.45) is 0 Å². The highest BCUT2D eigenvalue weighted by molar-refractivity contribution is 6.30. The minimum absolute atomic E-state index is 0.0665. The fourth-order valence-corrected chi connectivity index (χ4v) is 5.03. The highest BCUT2D eigenvalue weighted by atomic mass is 35.5. The van der Waals surface area contributed by atoms with Gasteiger partial charge in [0.15, 0.2) is 0 Å². The molecule has 1 aliphatic heterocycles. The first-order chi connectivity index (χ1) is 16.0. The van der Waals surface area contributed by atoms with Gasteiger partial charge in [-0.3, -0.25) is 9.59 Å². The molecule has 3 aromatic rings. The molecule has 2 aliphatic rings. The van der Waals surface area contributed by atoms with Gasteiger partial charge in [-0.25, -0.2) is 0 Å². The van der Waals surface area contributed by atoms with Crippen LogP contribution in [-0.4, -0.2) is 48.6 Å². The quantitative estimate of drug-likeness (QED) is 0.635. The van der Waals surface area contributed by atoms with Crippen LogP contribution in [0.15, 0.2) is 65.6 Å². The van der Waals surface area contributed by atoms with Crippen molar-refractivity contribution in [3.63, 3.8) is 0 Å². The van der Waals surface area contributed by atoms with E-state index in [1.165, 1.54) is 16.8 Å². The van der Waals surface area contributed by atoms with Gasteiger partial charge in [-0.2, -0.15) is 0 Å². The van der Waals surface area contributed by atoms with E-state index in [1.807, 2.05) is 0 Å². The molecule has 1 aromatic heterocycles. The number of amides is 1. The van der Waals surface area contributed by atoms with Crippen molar-refractivity contribution in [1.82, 2.24) is 9.47 Å². The molecule has 0 radical (unpaired) electrons. The predicted octanol–water partition coefficient (Wildman–Crippen LogP) is 4.04. The molecule has 0 saturated carbocycles. The predicted molar refractivity (Wildman–Crippen MR) is 133 cm³/mol. The highest BCUT2D eigenvalue weighted by Crippen LogP contribution is 2.39. The molecule has 1 atom stereocenters. The lowest BCUT2D eigenvalue weighted by Crippen LogP contribution is -2.44. The zero-order valence-electron chi connectivity index (χ0n) is 18.6. The van der Waals surface area contributed by atoms with Gasteiger partial charge in [0, 0.05) is 48.8 Å². The smallest absolute Gasteiger partial charge is 0.263 e. The van der Waals surface area contributed by atoms with Crippen LogP contribution in [0.1, 0.15) is 33.9 Å². The van der Waals surface area contributed by atoms with Crippen molar-refractivity contribution in [3.8, 4) is 0 Å². The number of carbonyl (C=O) groups is 1. The third-order valence-electron chi connectivity index (χ3n) is 6.72. The summed E-state index contributed by atoms with van der Waals surface area (Å²) in [7, 11) is 2.16. The summed E-state index contributed by atoms with van der Waals surface area (Å²) in [5.74, 6) is -0.416. The number of hydrogen-bond acceptors (Lipinski definition) is 4. The van der Waals surface area contributed by atoms with Crippen LogP contribution in [0.4, 0.5) is 11.4 Å². The van der Waals surface area contributed by atoms with Gasteiger partial charge in [0.1, 0.15) is 5.56 Å². The summed E-state index contributed by atoms with van der Waals surface area (Å²) in [5.41, 5.74) is 4.26. The number of nitrogens with zero attached hydrogens (tertiary/aromatic N) is 3. The fourth-order valence-electron chi connectivity index (χ4n) is 4.91. The third kappa shape index (κ3) is 4.28. The number of nitrogens with one attached hydrogen (secondary N) is 1. The Morgan fingerprint density at radius 1 is 1.00 bits per heavy atom. The summed E-state index contributed by atoms with van der Waals surface area (Å²) >= 11 is 5.92. The Bertz CT molecular complexity index is 1230. The molecule has 7 heteroatoms. The monoisotopic (exact) mass is 462 g/mol. The maximum Gasteiger partial charge on any atom is 0.263 e. The SMILES string of the molecule is CN1CCN(c2cccc3c2CCC3n2cccc(C(=O)Nc3ccc(Cl)cc3)c2=O)CC1. The van der Waals surface area contributed by atoms with Crippen LogP contribution in [0.3, 0.4) is 0 Å². The van der Waals surface area contributed by atoms with Crippen LogP contribution in [-0.2, 0) is 6.42 Å². The maximum atomic E-state index is 13.3. The Morgan fingerprint density at radius 3 is 2.52 bits per heavy atom. The number of rotatable bonds is 4. The molecule has 1 saturated heterocycles. The fraction of sp³-hybridized carbons (Fsp3) is 0.308. The average Bonchev–Trinajstić information content (AvgIpc) is 3.25. The second-order valence-corrected chi connectivity index (χ2v) is 9.22. The van der Waals surface area contributed by atoms with E-state index in [0.29, 0.717) is 10.7 Å². The maximum absolute atomic E-state index is 13.3. The van der Waals surface area contributed by atoms with Gasteiger partial charge in [-0.15, -0.1) is 0 Å². The largest absolute Gasteiger partial charge is 0.369 e.